The van der Waals surface area contributed by atoms with E-state index in [9.17, 15) is 13.2 Å². The van der Waals surface area contributed by atoms with E-state index in [2.05, 4.69) is 10.4 Å². The zero-order chi connectivity index (χ0) is 15.6. The first-order valence-corrected chi connectivity index (χ1v) is 6.67. The number of halogens is 3. The van der Waals surface area contributed by atoms with E-state index in [0.717, 1.165) is 17.3 Å². The molecule has 1 heterocycles. The number of benzene rings is 1. The summed E-state index contributed by atoms with van der Waals surface area (Å²) in [4.78, 5) is 0. The Bertz CT molecular complexity index is 617. The van der Waals surface area contributed by atoms with Crippen molar-refractivity contribution in [2.24, 2.45) is 7.05 Å². The Morgan fingerprint density at radius 1 is 1.29 bits per heavy atom. The third-order valence-electron chi connectivity index (χ3n) is 3.44. The van der Waals surface area contributed by atoms with Gasteiger partial charge in [0.2, 0.25) is 0 Å². The largest absolute Gasteiger partial charge is 0.416 e. The van der Waals surface area contributed by atoms with Gasteiger partial charge in [0.25, 0.3) is 0 Å². The lowest BCUT2D eigenvalue weighted by Gasteiger charge is -2.16. The van der Waals surface area contributed by atoms with E-state index in [0.29, 0.717) is 0 Å². The molecular weight excluding hydrogens is 279 g/mol. The lowest BCUT2D eigenvalue weighted by atomic mass is 10.1. The van der Waals surface area contributed by atoms with Gasteiger partial charge in [0, 0.05) is 31.4 Å². The number of nitrogens with one attached hydrogen (secondary N) is 1. The predicted molar refractivity (Wildman–Crippen MR) is 74.6 cm³/mol. The van der Waals surface area contributed by atoms with Crippen LogP contribution in [0.5, 0.6) is 0 Å². The summed E-state index contributed by atoms with van der Waals surface area (Å²) in [6, 6.07) is 5.56. The van der Waals surface area contributed by atoms with Gasteiger partial charge < -0.3 is 5.32 Å². The normalized spacial score (nSPS) is 13.4. The minimum Gasteiger partial charge on any atom is -0.306 e. The van der Waals surface area contributed by atoms with Crippen molar-refractivity contribution in [2.45, 2.75) is 32.6 Å². The van der Waals surface area contributed by atoms with E-state index in [1.165, 1.54) is 12.1 Å². The Balaban J connectivity index is 2.12. The fourth-order valence-electron chi connectivity index (χ4n) is 2.37. The molecule has 1 N–H and O–H groups in total. The smallest absolute Gasteiger partial charge is 0.306 e. The lowest BCUT2D eigenvalue weighted by molar-refractivity contribution is -0.138. The van der Waals surface area contributed by atoms with Crippen LogP contribution in [-0.4, -0.2) is 9.78 Å². The Kier molecular flexibility index (Phi) is 4.37. The lowest BCUT2D eigenvalue weighted by Crippen LogP contribution is -2.21. The Morgan fingerprint density at radius 3 is 2.52 bits per heavy atom. The summed E-state index contributed by atoms with van der Waals surface area (Å²) >= 11 is 0. The Hall–Kier alpha value is -1.82. The van der Waals surface area contributed by atoms with Crippen molar-refractivity contribution in [3.63, 3.8) is 0 Å². The quantitative estimate of drug-likeness (QED) is 0.934. The highest BCUT2D eigenvalue weighted by molar-refractivity contribution is 5.30. The summed E-state index contributed by atoms with van der Waals surface area (Å²) in [5.41, 5.74) is 1.52. The van der Waals surface area contributed by atoms with Gasteiger partial charge in [0.05, 0.1) is 11.3 Å². The zero-order valence-corrected chi connectivity index (χ0v) is 12.2. The van der Waals surface area contributed by atoms with Crippen molar-refractivity contribution >= 4 is 0 Å². The average molecular weight is 297 g/mol. The number of hydrogen-bond donors (Lipinski definition) is 1. The van der Waals surface area contributed by atoms with Gasteiger partial charge in [-0.1, -0.05) is 18.2 Å². The first kappa shape index (κ1) is 15.6. The van der Waals surface area contributed by atoms with Crippen molar-refractivity contribution in [3.05, 3.63) is 52.8 Å². The molecule has 0 bridgehead atoms. The second-order valence-corrected chi connectivity index (χ2v) is 5.10. The third kappa shape index (κ3) is 3.64. The maximum absolute atomic E-state index is 12.9. The van der Waals surface area contributed by atoms with Crippen LogP contribution in [0, 0.1) is 6.92 Å². The number of aryl methyl sites for hydroxylation is 2. The zero-order valence-electron chi connectivity index (χ0n) is 12.2. The molecule has 0 saturated heterocycles. The minimum absolute atomic E-state index is 0.0695. The van der Waals surface area contributed by atoms with E-state index in [4.69, 9.17) is 0 Å². The third-order valence-corrected chi connectivity index (χ3v) is 3.44. The Labute approximate surface area is 121 Å². The van der Waals surface area contributed by atoms with Gasteiger partial charge in [-0.25, -0.2) is 0 Å². The molecule has 1 atom stereocenters. The fraction of sp³-hybridized carbons (Fsp3) is 0.400. The van der Waals surface area contributed by atoms with E-state index in [1.807, 2.05) is 27.1 Å². The van der Waals surface area contributed by atoms with Crippen LogP contribution in [0.2, 0.25) is 0 Å². The molecule has 2 rings (SSSR count). The van der Waals surface area contributed by atoms with Gasteiger partial charge in [-0.05, 0) is 25.5 Å². The van der Waals surface area contributed by atoms with Crippen LogP contribution in [0.4, 0.5) is 13.2 Å². The monoisotopic (exact) mass is 297 g/mol. The molecule has 0 amide bonds. The van der Waals surface area contributed by atoms with E-state index in [1.54, 1.807) is 10.7 Å². The van der Waals surface area contributed by atoms with Crippen molar-refractivity contribution in [2.75, 3.05) is 0 Å². The van der Waals surface area contributed by atoms with Crippen LogP contribution in [0.1, 0.15) is 35.3 Å². The Morgan fingerprint density at radius 2 is 1.95 bits per heavy atom. The molecule has 0 aliphatic heterocycles. The molecular formula is C15H18F3N3. The maximum atomic E-state index is 12.9. The standard InChI is InChI=1S/C15H18F3N3/c1-10(13-9-21(3)20-11(13)2)19-8-12-6-4-5-7-14(12)15(16,17)18/h4-7,9-10,19H,8H2,1-3H3. The van der Waals surface area contributed by atoms with Gasteiger partial charge in [-0.3, -0.25) is 4.68 Å². The summed E-state index contributed by atoms with van der Waals surface area (Å²) < 4.78 is 40.5. The molecule has 114 valence electrons. The highest BCUT2D eigenvalue weighted by Gasteiger charge is 2.32. The van der Waals surface area contributed by atoms with Crippen LogP contribution >= 0.6 is 0 Å². The van der Waals surface area contributed by atoms with Gasteiger partial charge in [-0.2, -0.15) is 18.3 Å². The number of nitrogens with zero attached hydrogens (tertiary/aromatic N) is 2. The first-order chi connectivity index (χ1) is 9.79. The van der Waals surface area contributed by atoms with Crippen molar-refractivity contribution < 1.29 is 13.2 Å². The molecule has 0 aliphatic carbocycles. The molecule has 3 nitrogen and oxygen atoms in total. The van der Waals surface area contributed by atoms with Gasteiger partial charge in [0.15, 0.2) is 0 Å². The second kappa shape index (κ2) is 5.89. The van der Waals surface area contributed by atoms with Crippen molar-refractivity contribution in [1.82, 2.24) is 15.1 Å². The van der Waals surface area contributed by atoms with E-state index < -0.39 is 11.7 Å². The highest BCUT2D eigenvalue weighted by atomic mass is 19.4. The molecule has 2 aromatic rings. The molecule has 21 heavy (non-hydrogen) atoms. The summed E-state index contributed by atoms with van der Waals surface area (Å²) in [6.45, 7) is 3.96. The summed E-state index contributed by atoms with van der Waals surface area (Å²) in [7, 11) is 1.82. The second-order valence-electron chi connectivity index (χ2n) is 5.10. The molecule has 0 fully saturated rings. The van der Waals surface area contributed by atoms with Crippen molar-refractivity contribution in [3.8, 4) is 0 Å². The predicted octanol–water partition coefficient (Wildman–Crippen LogP) is 3.60. The SMILES string of the molecule is Cc1nn(C)cc1C(C)NCc1ccccc1C(F)(F)F. The summed E-state index contributed by atoms with van der Waals surface area (Å²) in [5.74, 6) is 0. The molecule has 1 aromatic carbocycles. The van der Waals surface area contributed by atoms with Crippen LogP contribution in [0.3, 0.4) is 0 Å². The average Bonchev–Trinajstić information content (AvgIpc) is 2.74. The number of rotatable bonds is 4. The van der Waals surface area contributed by atoms with Crippen LogP contribution in [-0.2, 0) is 19.8 Å². The van der Waals surface area contributed by atoms with Crippen LogP contribution < -0.4 is 5.32 Å². The maximum Gasteiger partial charge on any atom is 0.416 e. The molecule has 6 heteroatoms. The number of aromatic nitrogens is 2. The van der Waals surface area contributed by atoms with E-state index >= 15 is 0 Å². The summed E-state index contributed by atoms with van der Waals surface area (Å²) in [6.07, 6.45) is -2.45. The van der Waals surface area contributed by atoms with Crippen LogP contribution in [0.15, 0.2) is 30.5 Å². The summed E-state index contributed by atoms with van der Waals surface area (Å²) in [5, 5.41) is 7.37. The minimum atomic E-state index is -4.33. The van der Waals surface area contributed by atoms with E-state index in [-0.39, 0.29) is 18.2 Å². The van der Waals surface area contributed by atoms with Gasteiger partial charge in [-0.15, -0.1) is 0 Å². The first-order valence-electron chi connectivity index (χ1n) is 6.67. The number of alkyl halides is 3. The molecule has 0 spiro atoms. The molecule has 0 radical (unpaired) electrons. The van der Waals surface area contributed by atoms with Gasteiger partial charge in [0.1, 0.15) is 0 Å². The topological polar surface area (TPSA) is 29.9 Å². The highest BCUT2D eigenvalue weighted by Crippen LogP contribution is 2.32. The number of hydrogen-bond acceptors (Lipinski definition) is 2. The molecule has 0 saturated carbocycles. The molecule has 1 aromatic heterocycles. The molecule has 1 unspecified atom stereocenters. The molecule has 0 aliphatic rings. The van der Waals surface area contributed by atoms with Gasteiger partial charge >= 0.3 is 6.18 Å². The fourth-order valence-corrected chi connectivity index (χ4v) is 2.37. The van der Waals surface area contributed by atoms with Crippen molar-refractivity contribution in [1.29, 1.82) is 0 Å². The van der Waals surface area contributed by atoms with Crippen LogP contribution in [0.25, 0.3) is 0 Å².